The molecule has 1 fully saturated rings. The van der Waals surface area contributed by atoms with E-state index in [1.54, 1.807) is 0 Å². The van der Waals surface area contributed by atoms with Gasteiger partial charge >= 0.3 is 0 Å². The molecular formula is C17H26N2O2. The number of aryl methyl sites for hydroxylation is 1. The molecule has 0 unspecified atom stereocenters. The lowest BCUT2D eigenvalue weighted by Gasteiger charge is -2.34. The maximum Gasteiger partial charge on any atom is 0.240 e. The van der Waals surface area contributed by atoms with E-state index in [4.69, 9.17) is 10.5 Å². The van der Waals surface area contributed by atoms with Gasteiger partial charge in [-0.15, -0.1) is 0 Å². The zero-order valence-electron chi connectivity index (χ0n) is 13.2. The van der Waals surface area contributed by atoms with Crippen LogP contribution in [0.25, 0.3) is 0 Å². The summed E-state index contributed by atoms with van der Waals surface area (Å²) in [5.41, 5.74) is 7.75. The summed E-state index contributed by atoms with van der Waals surface area (Å²) < 4.78 is 5.28. The number of carbonyl (C=O) groups excluding carboxylic acids is 1. The fourth-order valence-electron chi connectivity index (χ4n) is 2.55. The smallest absolute Gasteiger partial charge is 0.240 e. The Kier molecular flexibility index (Phi) is 4.69. The minimum atomic E-state index is -0.776. The van der Waals surface area contributed by atoms with E-state index in [9.17, 15) is 4.79 Å². The first kappa shape index (κ1) is 16.0. The monoisotopic (exact) mass is 290 g/mol. The van der Waals surface area contributed by atoms with Crippen LogP contribution >= 0.6 is 0 Å². The highest BCUT2D eigenvalue weighted by Gasteiger charge is 2.36. The predicted octanol–water partition coefficient (Wildman–Crippen LogP) is 1.90. The first-order chi connectivity index (χ1) is 9.83. The molecule has 4 nitrogen and oxygen atoms in total. The van der Waals surface area contributed by atoms with Crippen LogP contribution in [0.5, 0.6) is 0 Å². The summed E-state index contributed by atoms with van der Waals surface area (Å²) in [6.45, 7) is 8.03. The van der Waals surface area contributed by atoms with Gasteiger partial charge in [-0.1, -0.05) is 43.7 Å². The number of benzene rings is 1. The third-order valence-corrected chi connectivity index (χ3v) is 4.36. The van der Waals surface area contributed by atoms with E-state index < -0.39 is 5.54 Å². The Morgan fingerprint density at radius 3 is 2.43 bits per heavy atom. The van der Waals surface area contributed by atoms with Crippen molar-refractivity contribution in [1.82, 2.24) is 5.32 Å². The summed E-state index contributed by atoms with van der Waals surface area (Å²) >= 11 is 0. The average Bonchev–Trinajstić information content (AvgIpc) is 2.46. The van der Waals surface area contributed by atoms with Gasteiger partial charge in [0, 0.05) is 25.2 Å². The first-order valence-corrected chi connectivity index (χ1v) is 7.56. The van der Waals surface area contributed by atoms with Gasteiger partial charge in [0.15, 0.2) is 0 Å². The first-order valence-electron chi connectivity index (χ1n) is 7.56. The minimum absolute atomic E-state index is 0.0639. The number of ether oxygens (including phenoxy) is 1. The summed E-state index contributed by atoms with van der Waals surface area (Å²) in [4.78, 5) is 12.4. The highest BCUT2D eigenvalue weighted by Crippen LogP contribution is 2.23. The van der Waals surface area contributed by atoms with Crippen LogP contribution in [-0.2, 0) is 14.9 Å². The maximum atomic E-state index is 12.4. The Hall–Kier alpha value is -1.39. The molecule has 1 aromatic rings. The highest BCUT2D eigenvalue weighted by molar-refractivity contribution is 5.86. The van der Waals surface area contributed by atoms with Gasteiger partial charge in [-0.25, -0.2) is 0 Å². The lowest BCUT2D eigenvalue weighted by atomic mass is 9.83. The van der Waals surface area contributed by atoms with Crippen molar-refractivity contribution in [3.8, 4) is 0 Å². The molecule has 1 saturated heterocycles. The van der Waals surface area contributed by atoms with Crippen molar-refractivity contribution in [2.24, 2.45) is 5.73 Å². The fourth-order valence-corrected chi connectivity index (χ4v) is 2.55. The van der Waals surface area contributed by atoms with E-state index >= 15 is 0 Å². The number of hydrogen-bond acceptors (Lipinski definition) is 3. The van der Waals surface area contributed by atoms with Crippen molar-refractivity contribution in [2.45, 2.75) is 44.6 Å². The van der Waals surface area contributed by atoms with Crippen molar-refractivity contribution in [3.05, 3.63) is 35.4 Å². The molecule has 0 aromatic heterocycles. The van der Waals surface area contributed by atoms with Crippen LogP contribution in [0.4, 0.5) is 0 Å². The van der Waals surface area contributed by atoms with Crippen LogP contribution in [0.3, 0.4) is 0 Å². The Balaban J connectivity index is 1.97. The van der Waals surface area contributed by atoms with Crippen molar-refractivity contribution in [3.63, 3.8) is 0 Å². The van der Waals surface area contributed by atoms with Gasteiger partial charge in [0.1, 0.15) is 0 Å². The maximum absolute atomic E-state index is 12.4. The molecule has 0 atom stereocenters. The van der Waals surface area contributed by atoms with Gasteiger partial charge in [0.05, 0.1) is 5.54 Å². The molecule has 0 spiro atoms. The highest BCUT2D eigenvalue weighted by atomic mass is 16.5. The number of nitrogens with one attached hydrogen (secondary N) is 1. The molecule has 1 aromatic carbocycles. The van der Waals surface area contributed by atoms with E-state index in [-0.39, 0.29) is 11.3 Å². The molecule has 0 saturated carbocycles. The lowest BCUT2D eigenvalue weighted by Crippen LogP contribution is -2.58. The van der Waals surface area contributed by atoms with Gasteiger partial charge in [-0.2, -0.15) is 0 Å². The van der Waals surface area contributed by atoms with Gasteiger partial charge in [0.25, 0.3) is 0 Å². The Morgan fingerprint density at radius 2 is 1.86 bits per heavy atom. The normalized spacial score (nSPS) is 18.3. The van der Waals surface area contributed by atoms with E-state index in [1.807, 2.05) is 0 Å². The molecule has 0 aliphatic carbocycles. The molecular weight excluding hydrogens is 264 g/mol. The van der Waals surface area contributed by atoms with Crippen LogP contribution in [-0.4, -0.2) is 31.2 Å². The van der Waals surface area contributed by atoms with Crippen LogP contribution in [0.1, 0.15) is 37.8 Å². The van der Waals surface area contributed by atoms with Crippen molar-refractivity contribution in [2.75, 3.05) is 19.8 Å². The number of carbonyl (C=O) groups is 1. The van der Waals surface area contributed by atoms with Crippen LogP contribution in [0.2, 0.25) is 0 Å². The Bertz CT molecular complexity index is 488. The third kappa shape index (κ3) is 3.83. The predicted molar refractivity (Wildman–Crippen MR) is 84.2 cm³/mol. The minimum Gasteiger partial charge on any atom is -0.381 e. The van der Waals surface area contributed by atoms with E-state index in [2.05, 4.69) is 50.4 Å². The average molecular weight is 290 g/mol. The van der Waals surface area contributed by atoms with E-state index in [0.29, 0.717) is 32.6 Å². The summed E-state index contributed by atoms with van der Waals surface area (Å²) in [6.07, 6.45) is 1.17. The summed E-state index contributed by atoms with van der Waals surface area (Å²) in [6, 6.07) is 8.44. The van der Waals surface area contributed by atoms with Crippen molar-refractivity contribution in [1.29, 1.82) is 0 Å². The topological polar surface area (TPSA) is 64.4 Å². The molecule has 3 N–H and O–H groups in total. The Labute approximate surface area is 127 Å². The zero-order valence-corrected chi connectivity index (χ0v) is 13.2. The van der Waals surface area contributed by atoms with Crippen molar-refractivity contribution < 1.29 is 9.53 Å². The lowest BCUT2D eigenvalue weighted by molar-refractivity contribution is -0.130. The zero-order chi connectivity index (χ0) is 15.5. The molecule has 4 heteroatoms. The third-order valence-electron chi connectivity index (χ3n) is 4.36. The molecule has 1 heterocycles. The Morgan fingerprint density at radius 1 is 1.29 bits per heavy atom. The molecule has 21 heavy (non-hydrogen) atoms. The van der Waals surface area contributed by atoms with Crippen LogP contribution in [0.15, 0.2) is 24.3 Å². The summed E-state index contributed by atoms with van der Waals surface area (Å²) in [7, 11) is 0. The molecule has 0 bridgehead atoms. The van der Waals surface area contributed by atoms with Gasteiger partial charge < -0.3 is 15.8 Å². The van der Waals surface area contributed by atoms with Crippen molar-refractivity contribution >= 4 is 5.91 Å². The number of hydrogen-bond donors (Lipinski definition) is 2. The molecule has 0 radical (unpaired) electrons. The summed E-state index contributed by atoms with van der Waals surface area (Å²) in [5.74, 6) is -0.0639. The second-order valence-electron chi connectivity index (χ2n) is 6.70. The van der Waals surface area contributed by atoms with E-state index in [1.165, 1.54) is 11.1 Å². The molecule has 116 valence electrons. The second kappa shape index (κ2) is 6.16. The van der Waals surface area contributed by atoms with Gasteiger partial charge in [-0.3, -0.25) is 4.79 Å². The SMILES string of the molecule is Cc1ccc(C(C)(C)CNC(=O)C2(N)CCOCC2)cc1. The molecule has 1 aliphatic heterocycles. The summed E-state index contributed by atoms with van der Waals surface area (Å²) in [5, 5.41) is 3.03. The van der Waals surface area contributed by atoms with Gasteiger partial charge in [-0.05, 0) is 25.3 Å². The number of amides is 1. The second-order valence-corrected chi connectivity index (χ2v) is 6.70. The standard InChI is InChI=1S/C17H26N2O2/c1-13-4-6-14(7-5-13)16(2,3)12-19-15(20)17(18)8-10-21-11-9-17/h4-7H,8-12,18H2,1-3H3,(H,19,20). The van der Waals surface area contributed by atoms with Crippen LogP contribution < -0.4 is 11.1 Å². The fraction of sp³-hybridized carbons (Fsp3) is 0.588. The van der Waals surface area contributed by atoms with Crippen LogP contribution in [0, 0.1) is 6.92 Å². The molecule has 2 rings (SSSR count). The van der Waals surface area contributed by atoms with Gasteiger partial charge in [0.2, 0.25) is 5.91 Å². The molecule has 1 amide bonds. The quantitative estimate of drug-likeness (QED) is 0.890. The number of rotatable bonds is 4. The molecule has 1 aliphatic rings. The van der Waals surface area contributed by atoms with E-state index in [0.717, 1.165) is 0 Å². The largest absolute Gasteiger partial charge is 0.381 e. The number of nitrogens with two attached hydrogens (primary N) is 1.